The molecular formula is C26H25NO3. The first kappa shape index (κ1) is 18.6. The predicted molar refractivity (Wildman–Crippen MR) is 120 cm³/mol. The normalized spacial score (nSPS) is 18.9. The predicted octanol–water partition coefficient (Wildman–Crippen LogP) is 6.08. The molecule has 2 aliphatic heterocycles. The fourth-order valence-corrected chi connectivity index (χ4v) is 4.80. The molecule has 2 atom stereocenters. The van der Waals surface area contributed by atoms with Gasteiger partial charge in [-0.05, 0) is 61.2 Å². The Balaban J connectivity index is 1.87. The van der Waals surface area contributed by atoms with Gasteiger partial charge in [-0.15, -0.1) is 0 Å². The summed E-state index contributed by atoms with van der Waals surface area (Å²) < 4.78 is 12.2. The zero-order valence-corrected chi connectivity index (χ0v) is 17.6. The molecule has 0 saturated carbocycles. The molecule has 3 aromatic carbocycles. The molecule has 2 aliphatic rings. The van der Waals surface area contributed by atoms with Gasteiger partial charge in [-0.2, -0.15) is 0 Å². The van der Waals surface area contributed by atoms with Gasteiger partial charge in [0.05, 0.1) is 12.7 Å². The van der Waals surface area contributed by atoms with Gasteiger partial charge in [0.15, 0.2) is 17.6 Å². The first-order valence-corrected chi connectivity index (χ1v) is 10.2. The molecule has 0 bridgehead atoms. The number of nitrogens with one attached hydrogen (secondary N) is 1. The van der Waals surface area contributed by atoms with Crippen LogP contribution in [-0.2, 0) is 0 Å². The van der Waals surface area contributed by atoms with Crippen molar-refractivity contribution in [2.45, 2.75) is 32.9 Å². The van der Waals surface area contributed by atoms with Gasteiger partial charge in [-0.3, -0.25) is 0 Å². The Labute approximate surface area is 176 Å². The molecule has 0 aromatic heterocycles. The zero-order chi connectivity index (χ0) is 21.0. The average Bonchev–Trinajstić information content (AvgIpc) is 2.73. The molecule has 3 aromatic rings. The highest BCUT2D eigenvalue weighted by molar-refractivity contribution is 5.92. The van der Waals surface area contributed by atoms with Gasteiger partial charge in [0, 0.05) is 22.9 Å². The summed E-state index contributed by atoms with van der Waals surface area (Å²) in [5, 5.41) is 14.0. The summed E-state index contributed by atoms with van der Waals surface area (Å²) in [7, 11) is 1.58. The number of hydrogen-bond acceptors (Lipinski definition) is 4. The topological polar surface area (TPSA) is 50.7 Å². The fraction of sp³-hybridized carbons (Fsp3) is 0.231. The number of aryl methyl sites for hydroxylation is 1. The highest BCUT2D eigenvalue weighted by Gasteiger charge is 2.35. The molecule has 0 aliphatic carbocycles. The van der Waals surface area contributed by atoms with Crippen LogP contribution in [0, 0.1) is 6.92 Å². The van der Waals surface area contributed by atoms with Crippen molar-refractivity contribution in [1.29, 1.82) is 0 Å². The lowest BCUT2D eigenvalue weighted by atomic mass is 9.81. The molecule has 2 heterocycles. The van der Waals surface area contributed by atoms with E-state index in [1.54, 1.807) is 13.2 Å². The van der Waals surface area contributed by atoms with E-state index in [0.29, 0.717) is 11.5 Å². The maximum Gasteiger partial charge on any atom is 0.172 e. The minimum absolute atomic E-state index is 0.108. The van der Waals surface area contributed by atoms with E-state index in [1.165, 1.54) is 11.1 Å². The van der Waals surface area contributed by atoms with Crippen molar-refractivity contribution in [2.75, 3.05) is 12.4 Å². The molecule has 5 rings (SSSR count). The van der Waals surface area contributed by atoms with Gasteiger partial charge in [0.25, 0.3) is 0 Å². The van der Waals surface area contributed by atoms with Crippen LogP contribution < -0.4 is 14.8 Å². The molecule has 152 valence electrons. The number of fused-ring (bicyclic) bond motifs is 5. The summed E-state index contributed by atoms with van der Waals surface area (Å²) in [6.07, 6.45) is 1.99. The van der Waals surface area contributed by atoms with Crippen LogP contribution in [0.15, 0.2) is 54.6 Å². The Kier molecular flexibility index (Phi) is 4.24. The SMILES string of the molecule is COc1c(O)ccc2c1-c1ccc3c(c1C(c1ccccc1C)O2)C(C)=CC(C)N3. The van der Waals surface area contributed by atoms with Gasteiger partial charge < -0.3 is 19.9 Å². The first-order valence-electron chi connectivity index (χ1n) is 10.2. The average molecular weight is 399 g/mol. The third kappa shape index (κ3) is 2.67. The number of ether oxygens (including phenoxy) is 2. The van der Waals surface area contributed by atoms with Crippen LogP contribution in [0.25, 0.3) is 16.7 Å². The highest BCUT2D eigenvalue weighted by Crippen LogP contribution is 2.55. The van der Waals surface area contributed by atoms with Crippen LogP contribution in [-0.4, -0.2) is 18.3 Å². The smallest absolute Gasteiger partial charge is 0.172 e. The molecule has 30 heavy (non-hydrogen) atoms. The van der Waals surface area contributed by atoms with E-state index in [-0.39, 0.29) is 17.9 Å². The number of aromatic hydroxyl groups is 1. The van der Waals surface area contributed by atoms with Crippen molar-refractivity contribution in [2.24, 2.45) is 0 Å². The summed E-state index contributed by atoms with van der Waals surface area (Å²) in [4.78, 5) is 0. The lowest BCUT2D eigenvalue weighted by Gasteiger charge is -2.35. The first-order chi connectivity index (χ1) is 14.5. The number of rotatable bonds is 2. The quantitative estimate of drug-likeness (QED) is 0.549. The minimum Gasteiger partial charge on any atom is -0.504 e. The number of hydrogen-bond donors (Lipinski definition) is 2. The summed E-state index contributed by atoms with van der Waals surface area (Å²) in [6, 6.07) is 16.3. The minimum atomic E-state index is -0.253. The molecule has 0 spiro atoms. The molecule has 4 nitrogen and oxygen atoms in total. The van der Waals surface area contributed by atoms with Crippen LogP contribution in [0.2, 0.25) is 0 Å². The fourth-order valence-electron chi connectivity index (χ4n) is 4.80. The highest BCUT2D eigenvalue weighted by atomic mass is 16.5. The van der Waals surface area contributed by atoms with E-state index in [0.717, 1.165) is 33.5 Å². The second kappa shape index (κ2) is 6.84. The Morgan fingerprint density at radius 1 is 1.00 bits per heavy atom. The van der Waals surface area contributed by atoms with Gasteiger partial charge >= 0.3 is 0 Å². The van der Waals surface area contributed by atoms with Crippen LogP contribution in [0.4, 0.5) is 5.69 Å². The molecule has 2 unspecified atom stereocenters. The number of phenolic OH excluding ortho intramolecular Hbond substituents is 1. The van der Waals surface area contributed by atoms with E-state index in [1.807, 2.05) is 12.1 Å². The van der Waals surface area contributed by atoms with Gasteiger partial charge in [0.1, 0.15) is 5.75 Å². The Hall–Kier alpha value is -3.40. The molecule has 0 amide bonds. The summed E-state index contributed by atoms with van der Waals surface area (Å²) in [6.45, 7) is 6.42. The number of anilines is 1. The number of benzene rings is 3. The van der Waals surface area contributed by atoms with Crippen LogP contribution in [0.1, 0.15) is 42.2 Å². The van der Waals surface area contributed by atoms with E-state index >= 15 is 0 Å². The number of methoxy groups -OCH3 is 1. The molecule has 0 saturated heterocycles. The van der Waals surface area contributed by atoms with Crippen molar-refractivity contribution in [3.63, 3.8) is 0 Å². The Morgan fingerprint density at radius 2 is 1.80 bits per heavy atom. The standard InChI is InChI=1S/C26H25NO3/c1-14-7-5-6-8-17(14)25-24-18(9-10-19-22(24)15(2)13-16(3)27-19)23-21(30-25)12-11-20(28)26(23)29-4/h5-13,16,25,27-28H,1-4H3. The number of phenols is 1. The van der Waals surface area contributed by atoms with Crippen molar-refractivity contribution >= 4 is 11.3 Å². The molecular weight excluding hydrogens is 374 g/mol. The maximum atomic E-state index is 10.4. The van der Waals surface area contributed by atoms with Crippen LogP contribution in [0.3, 0.4) is 0 Å². The van der Waals surface area contributed by atoms with E-state index < -0.39 is 0 Å². The van der Waals surface area contributed by atoms with Gasteiger partial charge in [0.2, 0.25) is 0 Å². The van der Waals surface area contributed by atoms with E-state index in [9.17, 15) is 5.11 Å². The van der Waals surface area contributed by atoms with E-state index in [2.05, 4.69) is 62.5 Å². The summed E-state index contributed by atoms with van der Waals surface area (Å²) >= 11 is 0. The zero-order valence-electron chi connectivity index (χ0n) is 17.6. The third-order valence-electron chi connectivity index (χ3n) is 6.07. The van der Waals surface area contributed by atoms with Crippen LogP contribution in [0.5, 0.6) is 17.2 Å². The summed E-state index contributed by atoms with van der Waals surface area (Å²) in [5.74, 6) is 1.26. The second-order valence-electron chi connectivity index (χ2n) is 8.08. The maximum absolute atomic E-state index is 10.4. The molecule has 4 heteroatoms. The second-order valence-corrected chi connectivity index (χ2v) is 8.08. The van der Waals surface area contributed by atoms with E-state index in [4.69, 9.17) is 9.47 Å². The molecule has 2 N–H and O–H groups in total. The number of allylic oxidation sites excluding steroid dienone is 1. The lowest BCUT2D eigenvalue weighted by Crippen LogP contribution is -2.23. The third-order valence-corrected chi connectivity index (χ3v) is 6.07. The van der Waals surface area contributed by atoms with Gasteiger partial charge in [-0.25, -0.2) is 0 Å². The van der Waals surface area contributed by atoms with Crippen molar-refractivity contribution < 1.29 is 14.6 Å². The monoisotopic (exact) mass is 399 g/mol. The molecule has 0 radical (unpaired) electrons. The van der Waals surface area contributed by atoms with Gasteiger partial charge in [-0.1, -0.05) is 36.4 Å². The van der Waals surface area contributed by atoms with Crippen molar-refractivity contribution in [3.05, 3.63) is 76.9 Å². The summed E-state index contributed by atoms with van der Waals surface area (Å²) in [5.41, 5.74) is 8.73. The van der Waals surface area contributed by atoms with Crippen LogP contribution >= 0.6 is 0 Å². The Morgan fingerprint density at radius 3 is 2.57 bits per heavy atom. The molecule has 0 fully saturated rings. The largest absolute Gasteiger partial charge is 0.504 e. The van der Waals surface area contributed by atoms with Crippen molar-refractivity contribution in [3.8, 4) is 28.4 Å². The lowest BCUT2D eigenvalue weighted by molar-refractivity contribution is 0.240. The van der Waals surface area contributed by atoms with Crippen molar-refractivity contribution in [1.82, 2.24) is 0 Å². The Bertz CT molecular complexity index is 1200.